The van der Waals surface area contributed by atoms with E-state index in [1.807, 2.05) is 19.9 Å². The summed E-state index contributed by atoms with van der Waals surface area (Å²) < 4.78 is 0.878. The quantitative estimate of drug-likeness (QED) is 0.447. The zero-order valence-electron chi connectivity index (χ0n) is 14.0. The highest BCUT2D eigenvalue weighted by molar-refractivity contribution is 6.07. The van der Waals surface area contributed by atoms with Gasteiger partial charge in [-0.1, -0.05) is 44.2 Å². The Labute approximate surface area is 144 Å². The molecule has 1 heterocycles. The summed E-state index contributed by atoms with van der Waals surface area (Å²) in [5, 5.41) is 34.8. The lowest BCUT2D eigenvalue weighted by molar-refractivity contribution is -0.637. The number of benzene rings is 2. The van der Waals surface area contributed by atoms with Gasteiger partial charge in [0.25, 0.3) is 22.5 Å². The lowest BCUT2D eigenvalue weighted by Crippen LogP contribution is -2.47. The molecule has 3 aromatic rings. The molecule has 0 saturated heterocycles. The van der Waals surface area contributed by atoms with Gasteiger partial charge in [0.1, 0.15) is 6.61 Å². The molecule has 0 spiro atoms. The van der Waals surface area contributed by atoms with Crippen molar-refractivity contribution in [2.75, 3.05) is 0 Å². The molecule has 128 valence electrons. The van der Waals surface area contributed by atoms with Crippen molar-refractivity contribution in [3.63, 3.8) is 0 Å². The average molecular weight is 338 g/mol. The molecule has 0 amide bonds. The molecule has 6 heteroatoms. The molecular formula is C19H18N2O4. The second kappa shape index (κ2) is 6.49. The Morgan fingerprint density at radius 3 is 2.28 bits per heavy atom. The number of ketones is 1. The van der Waals surface area contributed by atoms with Gasteiger partial charge in [0.05, 0.1) is 0 Å². The SMILES string of the molecule is CC(C)c1cccc(C(=O)c2c(CO)[n+]([O-])c3ccccc3[n+]2[O-])c1. The van der Waals surface area contributed by atoms with Crippen LogP contribution >= 0.6 is 0 Å². The van der Waals surface area contributed by atoms with Crippen LogP contribution in [0.25, 0.3) is 11.0 Å². The number of hydrogen-bond donors (Lipinski definition) is 1. The summed E-state index contributed by atoms with van der Waals surface area (Å²) in [6, 6.07) is 13.1. The van der Waals surface area contributed by atoms with E-state index in [1.165, 1.54) is 12.1 Å². The smallest absolute Gasteiger partial charge is 0.336 e. The number of aliphatic hydroxyl groups is 1. The van der Waals surface area contributed by atoms with E-state index >= 15 is 0 Å². The Hall–Kier alpha value is -2.99. The Balaban J connectivity index is 2.26. The van der Waals surface area contributed by atoms with Crippen LogP contribution in [0.2, 0.25) is 0 Å². The van der Waals surface area contributed by atoms with E-state index in [4.69, 9.17) is 0 Å². The highest BCUT2D eigenvalue weighted by Gasteiger charge is 2.33. The number of aliphatic hydroxyl groups excluding tert-OH is 1. The van der Waals surface area contributed by atoms with Crippen molar-refractivity contribution in [1.29, 1.82) is 0 Å². The van der Waals surface area contributed by atoms with Crippen LogP contribution in [-0.4, -0.2) is 10.9 Å². The number of fused-ring (bicyclic) bond motifs is 1. The van der Waals surface area contributed by atoms with Crippen molar-refractivity contribution in [3.8, 4) is 0 Å². The van der Waals surface area contributed by atoms with Crippen molar-refractivity contribution >= 4 is 16.8 Å². The van der Waals surface area contributed by atoms with Crippen LogP contribution in [0.5, 0.6) is 0 Å². The van der Waals surface area contributed by atoms with E-state index in [-0.39, 0.29) is 28.3 Å². The molecule has 0 saturated carbocycles. The van der Waals surface area contributed by atoms with Gasteiger partial charge >= 0.3 is 5.69 Å². The van der Waals surface area contributed by atoms with E-state index in [1.54, 1.807) is 30.3 Å². The van der Waals surface area contributed by atoms with E-state index in [2.05, 4.69) is 0 Å². The van der Waals surface area contributed by atoms with Crippen LogP contribution in [0, 0.1) is 10.4 Å². The van der Waals surface area contributed by atoms with Gasteiger partial charge in [-0.25, -0.2) is 0 Å². The van der Waals surface area contributed by atoms with E-state index in [0.717, 1.165) is 5.56 Å². The second-order valence-electron chi connectivity index (χ2n) is 6.14. The topological polar surface area (TPSA) is 91.2 Å². The standard InChI is InChI=1S/C19H18N2O4/c1-12(2)13-6-5-7-14(10-13)19(23)18-17(11-22)20(24)15-8-3-4-9-16(15)21(18)25/h3-10,12,22H,11H2,1-2H3. The predicted molar refractivity (Wildman–Crippen MR) is 91.8 cm³/mol. The number of nitrogens with zero attached hydrogens (tertiary/aromatic N) is 2. The monoisotopic (exact) mass is 338 g/mol. The minimum atomic E-state index is -0.707. The van der Waals surface area contributed by atoms with Gasteiger partial charge in [0.2, 0.25) is 0 Å². The fourth-order valence-corrected chi connectivity index (χ4v) is 2.83. The highest BCUT2D eigenvalue weighted by Crippen LogP contribution is 2.19. The molecule has 0 aliphatic rings. The van der Waals surface area contributed by atoms with Crippen molar-refractivity contribution in [3.05, 3.63) is 81.5 Å². The van der Waals surface area contributed by atoms with Gasteiger partial charge < -0.3 is 15.5 Å². The maximum atomic E-state index is 12.9. The summed E-state index contributed by atoms with van der Waals surface area (Å²) >= 11 is 0. The van der Waals surface area contributed by atoms with Crippen molar-refractivity contribution in [2.45, 2.75) is 26.4 Å². The normalized spacial score (nSPS) is 11.2. The van der Waals surface area contributed by atoms with Crippen molar-refractivity contribution < 1.29 is 19.4 Å². The van der Waals surface area contributed by atoms with Crippen LogP contribution in [-0.2, 0) is 6.61 Å². The fourth-order valence-electron chi connectivity index (χ4n) is 2.83. The van der Waals surface area contributed by atoms with Gasteiger partial charge in [-0.3, -0.25) is 4.79 Å². The Kier molecular flexibility index (Phi) is 4.37. The molecule has 1 N–H and O–H groups in total. The van der Waals surface area contributed by atoms with Gasteiger partial charge in [-0.05, 0) is 17.5 Å². The van der Waals surface area contributed by atoms with Gasteiger partial charge in [0.15, 0.2) is 0 Å². The van der Waals surface area contributed by atoms with Crippen LogP contribution in [0.15, 0.2) is 48.5 Å². The van der Waals surface area contributed by atoms with Gasteiger partial charge in [-0.15, -0.1) is 0 Å². The van der Waals surface area contributed by atoms with Crippen LogP contribution in [0.4, 0.5) is 0 Å². The maximum absolute atomic E-state index is 12.9. The van der Waals surface area contributed by atoms with Crippen LogP contribution in [0.3, 0.4) is 0 Å². The highest BCUT2D eigenvalue weighted by atomic mass is 16.5. The molecule has 0 fully saturated rings. The number of aromatic nitrogens is 2. The first-order valence-corrected chi connectivity index (χ1v) is 7.98. The van der Waals surface area contributed by atoms with Crippen molar-refractivity contribution in [2.24, 2.45) is 0 Å². The first-order valence-electron chi connectivity index (χ1n) is 7.98. The number of carbonyl (C=O) groups is 1. The lowest BCUT2D eigenvalue weighted by atomic mass is 9.98. The first-order chi connectivity index (χ1) is 12.0. The third-order valence-electron chi connectivity index (χ3n) is 4.22. The summed E-state index contributed by atoms with van der Waals surface area (Å²) in [4.78, 5) is 12.9. The lowest BCUT2D eigenvalue weighted by Gasteiger charge is -2.12. The van der Waals surface area contributed by atoms with E-state index < -0.39 is 12.4 Å². The third kappa shape index (κ3) is 2.81. The third-order valence-corrected chi connectivity index (χ3v) is 4.22. The second-order valence-corrected chi connectivity index (χ2v) is 6.14. The molecule has 0 atom stereocenters. The zero-order valence-corrected chi connectivity index (χ0v) is 14.0. The summed E-state index contributed by atoms with van der Waals surface area (Å²) in [6.45, 7) is 3.29. The zero-order chi connectivity index (χ0) is 18.1. The fraction of sp³-hybridized carbons (Fsp3) is 0.211. The molecule has 0 radical (unpaired) electrons. The molecule has 1 aromatic heterocycles. The van der Waals surface area contributed by atoms with Gasteiger partial charge in [0, 0.05) is 17.7 Å². The number of rotatable bonds is 4. The maximum Gasteiger partial charge on any atom is 0.336 e. The van der Waals surface area contributed by atoms with Crippen LogP contribution < -0.4 is 9.46 Å². The Bertz CT molecular complexity index is 967. The minimum Gasteiger partial charge on any atom is -0.618 e. The van der Waals surface area contributed by atoms with E-state index in [9.17, 15) is 20.3 Å². The Morgan fingerprint density at radius 2 is 1.68 bits per heavy atom. The first kappa shape index (κ1) is 16.9. The largest absolute Gasteiger partial charge is 0.618 e. The van der Waals surface area contributed by atoms with E-state index in [0.29, 0.717) is 15.0 Å². The summed E-state index contributed by atoms with van der Waals surface area (Å²) in [6.07, 6.45) is 0. The number of hydrogen-bond acceptors (Lipinski definition) is 4. The minimum absolute atomic E-state index is 0.0815. The molecular weight excluding hydrogens is 320 g/mol. The summed E-state index contributed by atoms with van der Waals surface area (Å²) in [5.74, 6) is -0.373. The number of para-hydroxylation sites is 2. The molecule has 3 rings (SSSR count). The molecule has 0 aliphatic carbocycles. The molecule has 2 aromatic carbocycles. The number of carbonyl (C=O) groups excluding carboxylic acids is 1. The average Bonchev–Trinajstić information content (AvgIpc) is 2.64. The van der Waals surface area contributed by atoms with Crippen molar-refractivity contribution in [1.82, 2.24) is 0 Å². The molecule has 0 unspecified atom stereocenters. The predicted octanol–water partition coefficient (Wildman–Crippen LogP) is 1.95. The molecule has 0 bridgehead atoms. The van der Waals surface area contributed by atoms with Crippen LogP contribution in [0.1, 0.15) is 47.1 Å². The summed E-state index contributed by atoms with van der Waals surface area (Å²) in [7, 11) is 0. The van der Waals surface area contributed by atoms with Gasteiger partial charge in [-0.2, -0.15) is 9.46 Å². The molecule has 6 nitrogen and oxygen atoms in total. The molecule has 25 heavy (non-hydrogen) atoms. The summed E-state index contributed by atoms with van der Waals surface area (Å²) in [5.41, 5.74) is 0.836. The molecule has 0 aliphatic heterocycles. The Morgan fingerprint density at radius 1 is 1.04 bits per heavy atom.